The second kappa shape index (κ2) is 6.06. The molecule has 1 aromatic carbocycles. The van der Waals surface area contributed by atoms with Crippen molar-refractivity contribution in [3.05, 3.63) is 56.0 Å². The van der Waals surface area contributed by atoms with Crippen LogP contribution in [0, 0.1) is 33.5 Å². The molecule has 20 heavy (non-hydrogen) atoms. The molecule has 3 heteroatoms. The number of halogens is 1. The minimum absolute atomic E-state index is 0.0574. The minimum atomic E-state index is -0.114. The Morgan fingerprint density at radius 3 is 2.30 bits per heavy atom. The van der Waals surface area contributed by atoms with Gasteiger partial charge in [-0.15, -0.1) is 11.3 Å². The zero-order valence-corrected chi connectivity index (χ0v) is 13.6. The van der Waals surface area contributed by atoms with Crippen molar-refractivity contribution in [1.29, 1.82) is 0 Å². The molecule has 0 bridgehead atoms. The van der Waals surface area contributed by atoms with Gasteiger partial charge >= 0.3 is 0 Å². The maximum Gasteiger partial charge on any atom is 0.128 e. The fraction of sp³-hybridized carbons (Fsp3) is 0.412. The Kier molecular flexibility index (Phi) is 4.61. The third-order valence-corrected chi connectivity index (χ3v) is 4.86. The first-order valence-electron chi connectivity index (χ1n) is 7.01. The summed E-state index contributed by atoms with van der Waals surface area (Å²) in [5.74, 6) is -0.114. The number of nitrogens with one attached hydrogen (secondary N) is 1. The van der Waals surface area contributed by atoms with E-state index in [4.69, 9.17) is 0 Å². The standard InChI is InChI=1S/C17H22FNS/c1-6-19-17(15-9-11(3)13(5)20-15)16-12(4)7-10(2)8-14(16)18/h7-9,17,19H,6H2,1-5H3. The number of aryl methyl sites for hydroxylation is 4. The fourth-order valence-electron chi connectivity index (χ4n) is 2.59. The second-order valence-electron chi connectivity index (χ2n) is 5.36. The maximum atomic E-state index is 14.4. The topological polar surface area (TPSA) is 12.0 Å². The molecule has 1 nitrogen and oxygen atoms in total. The molecule has 0 amide bonds. The fourth-order valence-corrected chi connectivity index (χ4v) is 3.71. The summed E-state index contributed by atoms with van der Waals surface area (Å²) in [6.07, 6.45) is 0. The van der Waals surface area contributed by atoms with E-state index in [1.54, 1.807) is 17.4 Å². The lowest BCUT2D eigenvalue weighted by Crippen LogP contribution is -2.23. The highest BCUT2D eigenvalue weighted by Crippen LogP contribution is 2.34. The van der Waals surface area contributed by atoms with Crippen LogP contribution in [-0.2, 0) is 0 Å². The molecule has 0 fully saturated rings. The normalized spacial score (nSPS) is 12.7. The highest BCUT2D eigenvalue weighted by atomic mass is 32.1. The van der Waals surface area contributed by atoms with Crippen LogP contribution in [0.3, 0.4) is 0 Å². The van der Waals surface area contributed by atoms with Crippen LogP contribution in [0.1, 0.15) is 45.0 Å². The van der Waals surface area contributed by atoms with Gasteiger partial charge < -0.3 is 5.32 Å². The Hall–Kier alpha value is -1.19. The first kappa shape index (κ1) is 15.2. The van der Waals surface area contributed by atoms with Crippen LogP contribution in [-0.4, -0.2) is 6.54 Å². The van der Waals surface area contributed by atoms with Gasteiger partial charge in [-0.25, -0.2) is 4.39 Å². The molecule has 2 aromatic rings. The number of hydrogen-bond donors (Lipinski definition) is 1. The Labute approximate surface area is 124 Å². The molecule has 1 aromatic heterocycles. The van der Waals surface area contributed by atoms with Gasteiger partial charge in [0.1, 0.15) is 5.82 Å². The van der Waals surface area contributed by atoms with E-state index in [-0.39, 0.29) is 11.9 Å². The summed E-state index contributed by atoms with van der Waals surface area (Å²) in [5, 5.41) is 3.43. The van der Waals surface area contributed by atoms with E-state index >= 15 is 0 Å². The van der Waals surface area contributed by atoms with Crippen LogP contribution in [0.4, 0.5) is 4.39 Å². The Bertz CT molecular complexity index is 573. The van der Waals surface area contributed by atoms with Crippen molar-refractivity contribution in [2.75, 3.05) is 6.54 Å². The smallest absolute Gasteiger partial charge is 0.128 e. The van der Waals surface area contributed by atoms with Crippen LogP contribution >= 0.6 is 11.3 Å². The number of rotatable bonds is 4. The lowest BCUT2D eigenvalue weighted by molar-refractivity contribution is 0.559. The molecule has 0 aliphatic heterocycles. The van der Waals surface area contributed by atoms with E-state index in [0.29, 0.717) is 0 Å². The molecule has 0 saturated heterocycles. The number of benzene rings is 1. The Balaban J connectivity index is 2.54. The van der Waals surface area contributed by atoms with Crippen molar-refractivity contribution in [3.8, 4) is 0 Å². The van der Waals surface area contributed by atoms with E-state index in [0.717, 1.165) is 23.2 Å². The van der Waals surface area contributed by atoms with Gasteiger partial charge in [-0.2, -0.15) is 0 Å². The molecular formula is C17H22FNS. The highest BCUT2D eigenvalue weighted by Gasteiger charge is 2.21. The van der Waals surface area contributed by atoms with Crippen LogP contribution < -0.4 is 5.32 Å². The molecule has 0 aliphatic carbocycles. The minimum Gasteiger partial charge on any atom is -0.306 e. The molecule has 0 saturated carbocycles. The van der Waals surface area contributed by atoms with Crippen LogP contribution in [0.15, 0.2) is 18.2 Å². The van der Waals surface area contributed by atoms with Crippen molar-refractivity contribution in [1.82, 2.24) is 5.32 Å². The summed E-state index contributed by atoms with van der Waals surface area (Å²) in [4.78, 5) is 2.49. The summed E-state index contributed by atoms with van der Waals surface area (Å²) in [7, 11) is 0. The van der Waals surface area contributed by atoms with E-state index in [9.17, 15) is 4.39 Å². The molecule has 1 heterocycles. The third-order valence-electron chi connectivity index (χ3n) is 3.65. The van der Waals surface area contributed by atoms with Crippen molar-refractivity contribution >= 4 is 11.3 Å². The highest BCUT2D eigenvalue weighted by molar-refractivity contribution is 7.12. The molecule has 2 rings (SSSR count). The molecule has 1 N–H and O–H groups in total. The zero-order valence-electron chi connectivity index (χ0n) is 12.8. The van der Waals surface area contributed by atoms with Crippen LogP contribution in [0.25, 0.3) is 0 Å². The molecule has 0 radical (unpaired) electrons. The quantitative estimate of drug-likeness (QED) is 0.851. The van der Waals surface area contributed by atoms with Gasteiger partial charge in [0.25, 0.3) is 0 Å². The van der Waals surface area contributed by atoms with E-state index in [2.05, 4.69) is 38.2 Å². The van der Waals surface area contributed by atoms with E-state index in [1.807, 2.05) is 13.8 Å². The van der Waals surface area contributed by atoms with Crippen LogP contribution in [0.5, 0.6) is 0 Å². The van der Waals surface area contributed by atoms with Crippen molar-refractivity contribution in [2.24, 2.45) is 0 Å². The largest absolute Gasteiger partial charge is 0.306 e. The van der Waals surface area contributed by atoms with E-state index < -0.39 is 0 Å². The predicted octanol–water partition coefficient (Wildman–Crippen LogP) is 4.82. The SMILES string of the molecule is CCNC(c1cc(C)c(C)s1)c1c(C)cc(C)cc1F. The van der Waals surface area contributed by atoms with Crippen molar-refractivity contribution in [3.63, 3.8) is 0 Å². The van der Waals surface area contributed by atoms with Gasteiger partial charge in [-0.1, -0.05) is 13.0 Å². The Morgan fingerprint density at radius 1 is 1.10 bits per heavy atom. The maximum absolute atomic E-state index is 14.4. The molecule has 1 unspecified atom stereocenters. The Morgan fingerprint density at radius 2 is 1.80 bits per heavy atom. The molecule has 0 spiro atoms. The van der Waals surface area contributed by atoms with Crippen LogP contribution in [0.2, 0.25) is 0 Å². The summed E-state index contributed by atoms with van der Waals surface area (Å²) in [5.41, 5.74) is 4.03. The van der Waals surface area contributed by atoms with Gasteiger partial charge in [-0.3, -0.25) is 0 Å². The average molecular weight is 291 g/mol. The molecule has 0 aliphatic rings. The first-order chi connectivity index (χ1) is 9.43. The second-order valence-corrected chi connectivity index (χ2v) is 6.64. The number of hydrogen-bond acceptors (Lipinski definition) is 2. The van der Waals surface area contributed by atoms with Gasteiger partial charge in [0.05, 0.1) is 6.04 Å². The van der Waals surface area contributed by atoms with Gasteiger partial charge in [0.2, 0.25) is 0 Å². The molecule has 108 valence electrons. The first-order valence-corrected chi connectivity index (χ1v) is 7.82. The van der Waals surface area contributed by atoms with Crippen molar-refractivity contribution < 1.29 is 4.39 Å². The average Bonchev–Trinajstić information content (AvgIpc) is 2.67. The summed E-state index contributed by atoms with van der Waals surface area (Å²) in [6, 6.07) is 5.79. The zero-order chi connectivity index (χ0) is 14.9. The van der Waals surface area contributed by atoms with Gasteiger partial charge in [0.15, 0.2) is 0 Å². The molecular weight excluding hydrogens is 269 g/mol. The lowest BCUT2D eigenvalue weighted by Gasteiger charge is -2.20. The van der Waals surface area contributed by atoms with Gasteiger partial charge in [-0.05, 0) is 63.1 Å². The van der Waals surface area contributed by atoms with E-state index in [1.165, 1.54) is 15.3 Å². The number of thiophene rings is 1. The van der Waals surface area contributed by atoms with Crippen molar-refractivity contribution in [2.45, 2.75) is 40.7 Å². The summed E-state index contributed by atoms with van der Waals surface area (Å²) >= 11 is 1.75. The molecule has 1 atom stereocenters. The predicted molar refractivity (Wildman–Crippen MR) is 85.2 cm³/mol. The summed E-state index contributed by atoms with van der Waals surface area (Å²) in [6.45, 7) is 11.0. The monoisotopic (exact) mass is 291 g/mol. The summed E-state index contributed by atoms with van der Waals surface area (Å²) < 4.78 is 14.4. The van der Waals surface area contributed by atoms with Gasteiger partial charge in [0, 0.05) is 15.3 Å². The third kappa shape index (κ3) is 2.94. The lowest BCUT2D eigenvalue weighted by atomic mass is 9.97.